The molecule has 6 nitrogen and oxygen atoms in total. The molecule has 148 valence electrons. The smallest absolute Gasteiger partial charge is 0.267 e. The van der Waals surface area contributed by atoms with E-state index in [4.69, 9.17) is 5.21 Å². The van der Waals surface area contributed by atoms with Crippen LogP contribution < -0.4 is 5.48 Å². The van der Waals surface area contributed by atoms with Gasteiger partial charge in [0, 0.05) is 24.9 Å². The highest BCUT2D eigenvalue weighted by atomic mass is 16.5. The maximum Gasteiger partial charge on any atom is 0.267 e. The average molecular weight is 388 g/mol. The minimum absolute atomic E-state index is 0.368. The molecule has 0 bridgehead atoms. The highest BCUT2D eigenvalue weighted by molar-refractivity contribution is 5.90. The number of para-hydroxylation sites is 1. The maximum atomic E-state index is 11.1. The molecule has 1 aromatic heterocycles. The Hall–Kier alpha value is -3.22. The molecule has 1 aliphatic rings. The number of rotatable bonds is 6. The lowest BCUT2D eigenvalue weighted by Gasteiger charge is -2.25. The molecule has 0 saturated carbocycles. The second-order valence-corrected chi connectivity index (χ2v) is 7.17. The first kappa shape index (κ1) is 19.1. The lowest BCUT2D eigenvalue weighted by Crippen LogP contribution is -2.24. The van der Waals surface area contributed by atoms with Gasteiger partial charge >= 0.3 is 0 Å². The SMILES string of the molecule is O=C(C=Cc1ccc(C2CCCN2Cc2ccnn2-c2ccccc2)cc1)NO. The third-order valence-corrected chi connectivity index (χ3v) is 5.31. The first-order valence-electron chi connectivity index (χ1n) is 9.79. The van der Waals surface area contributed by atoms with Crippen molar-refractivity contribution in [3.05, 3.63) is 89.8 Å². The van der Waals surface area contributed by atoms with Crippen molar-refractivity contribution in [1.29, 1.82) is 0 Å². The van der Waals surface area contributed by atoms with E-state index in [1.165, 1.54) is 23.8 Å². The quantitative estimate of drug-likeness (QED) is 0.384. The first-order valence-corrected chi connectivity index (χ1v) is 9.79. The van der Waals surface area contributed by atoms with Crippen LogP contribution in [0.25, 0.3) is 11.8 Å². The van der Waals surface area contributed by atoms with Gasteiger partial charge in [0.15, 0.2) is 0 Å². The highest BCUT2D eigenvalue weighted by Gasteiger charge is 2.26. The number of likely N-dealkylation sites (tertiary alicyclic amines) is 1. The van der Waals surface area contributed by atoms with Crippen molar-refractivity contribution in [2.45, 2.75) is 25.4 Å². The number of nitrogens with one attached hydrogen (secondary N) is 1. The van der Waals surface area contributed by atoms with Crippen molar-refractivity contribution >= 4 is 12.0 Å². The number of nitrogens with zero attached hydrogens (tertiary/aromatic N) is 3. The van der Waals surface area contributed by atoms with E-state index >= 15 is 0 Å². The molecule has 1 atom stereocenters. The van der Waals surface area contributed by atoms with Gasteiger partial charge in [-0.25, -0.2) is 10.2 Å². The Morgan fingerprint density at radius 2 is 1.93 bits per heavy atom. The van der Waals surface area contributed by atoms with E-state index in [2.05, 4.69) is 40.3 Å². The summed E-state index contributed by atoms with van der Waals surface area (Å²) in [5.41, 5.74) is 6.04. The Labute approximate surface area is 170 Å². The summed E-state index contributed by atoms with van der Waals surface area (Å²) in [7, 11) is 0. The van der Waals surface area contributed by atoms with Crippen molar-refractivity contribution < 1.29 is 10.0 Å². The average Bonchev–Trinajstić information content (AvgIpc) is 3.43. The zero-order valence-corrected chi connectivity index (χ0v) is 16.1. The van der Waals surface area contributed by atoms with Gasteiger partial charge < -0.3 is 0 Å². The van der Waals surface area contributed by atoms with E-state index in [9.17, 15) is 4.79 Å². The predicted molar refractivity (Wildman–Crippen MR) is 111 cm³/mol. The van der Waals surface area contributed by atoms with Gasteiger partial charge in [-0.1, -0.05) is 42.5 Å². The zero-order chi connectivity index (χ0) is 20.1. The van der Waals surface area contributed by atoms with Crippen LogP contribution >= 0.6 is 0 Å². The number of aromatic nitrogens is 2. The number of amides is 1. The van der Waals surface area contributed by atoms with Gasteiger partial charge in [-0.3, -0.25) is 14.9 Å². The van der Waals surface area contributed by atoms with Gasteiger partial charge in [0.1, 0.15) is 0 Å². The maximum absolute atomic E-state index is 11.1. The van der Waals surface area contributed by atoms with Crippen LogP contribution in [0.4, 0.5) is 0 Å². The third kappa shape index (κ3) is 4.45. The van der Waals surface area contributed by atoms with Crippen LogP contribution in [0, 0.1) is 0 Å². The molecule has 1 fully saturated rings. The minimum atomic E-state index is -0.536. The van der Waals surface area contributed by atoms with Crippen LogP contribution in [0.5, 0.6) is 0 Å². The Bertz CT molecular complexity index is 980. The molecule has 3 aromatic rings. The summed E-state index contributed by atoms with van der Waals surface area (Å²) in [4.78, 5) is 13.6. The fourth-order valence-electron chi connectivity index (χ4n) is 3.89. The molecular weight excluding hydrogens is 364 g/mol. The molecular formula is C23H24N4O2. The van der Waals surface area contributed by atoms with E-state index in [0.717, 1.165) is 30.8 Å². The number of hydroxylamine groups is 1. The zero-order valence-electron chi connectivity index (χ0n) is 16.1. The molecule has 0 spiro atoms. The summed E-state index contributed by atoms with van der Waals surface area (Å²) in [6.45, 7) is 1.90. The van der Waals surface area contributed by atoms with Crippen molar-refractivity contribution in [3.63, 3.8) is 0 Å². The van der Waals surface area contributed by atoms with Crippen molar-refractivity contribution in [1.82, 2.24) is 20.2 Å². The van der Waals surface area contributed by atoms with Gasteiger partial charge in [0.05, 0.1) is 11.4 Å². The van der Waals surface area contributed by atoms with Gasteiger partial charge in [-0.15, -0.1) is 0 Å². The third-order valence-electron chi connectivity index (χ3n) is 5.31. The summed E-state index contributed by atoms with van der Waals surface area (Å²) in [5, 5.41) is 13.1. The van der Waals surface area contributed by atoms with Crippen LogP contribution in [-0.4, -0.2) is 32.3 Å². The Morgan fingerprint density at radius 1 is 1.14 bits per heavy atom. The Morgan fingerprint density at radius 3 is 2.69 bits per heavy atom. The normalized spacial score (nSPS) is 17.1. The van der Waals surface area contributed by atoms with Crippen LogP contribution in [-0.2, 0) is 11.3 Å². The molecule has 2 N–H and O–H groups in total. The molecule has 2 aromatic carbocycles. The Kier molecular flexibility index (Phi) is 5.84. The lowest BCUT2D eigenvalue weighted by atomic mass is 10.0. The van der Waals surface area contributed by atoms with Crippen LogP contribution in [0.1, 0.15) is 35.7 Å². The second kappa shape index (κ2) is 8.86. The molecule has 2 heterocycles. The van der Waals surface area contributed by atoms with Gasteiger partial charge in [0.25, 0.3) is 5.91 Å². The monoisotopic (exact) mass is 388 g/mol. The largest absolute Gasteiger partial charge is 0.291 e. The summed E-state index contributed by atoms with van der Waals surface area (Å²) in [6.07, 6.45) is 7.14. The minimum Gasteiger partial charge on any atom is -0.291 e. The van der Waals surface area contributed by atoms with Gasteiger partial charge in [-0.2, -0.15) is 5.10 Å². The van der Waals surface area contributed by atoms with E-state index in [0.29, 0.717) is 6.04 Å². The summed E-state index contributed by atoms with van der Waals surface area (Å²) in [6, 6.07) is 20.9. The van der Waals surface area contributed by atoms with Crippen molar-refractivity contribution in [2.24, 2.45) is 0 Å². The number of carbonyl (C=O) groups excluding carboxylic acids is 1. The molecule has 4 rings (SSSR count). The molecule has 0 radical (unpaired) electrons. The van der Waals surface area contributed by atoms with E-state index in [1.54, 1.807) is 11.6 Å². The molecule has 1 aliphatic heterocycles. The number of carbonyl (C=O) groups is 1. The number of hydrogen-bond acceptors (Lipinski definition) is 4. The summed E-state index contributed by atoms with van der Waals surface area (Å²) in [5.74, 6) is -0.536. The van der Waals surface area contributed by atoms with Crippen LogP contribution in [0.15, 0.2) is 72.9 Å². The fraction of sp³-hybridized carbons (Fsp3) is 0.217. The molecule has 1 unspecified atom stereocenters. The molecule has 1 amide bonds. The van der Waals surface area contributed by atoms with Crippen LogP contribution in [0.3, 0.4) is 0 Å². The van der Waals surface area contributed by atoms with Crippen molar-refractivity contribution in [3.8, 4) is 5.69 Å². The highest BCUT2D eigenvalue weighted by Crippen LogP contribution is 2.33. The van der Waals surface area contributed by atoms with Crippen LogP contribution in [0.2, 0.25) is 0 Å². The summed E-state index contributed by atoms with van der Waals surface area (Å²) >= 11 is 0. The molecule has 29 heavy (non-hydrogen) atoms. The molecule has 1 saturated heterocycles. The van der Waals surface area contributed by atoms with Gasteiger partial charge in [-0.05, 0) is 54.8 Å². The lowest BCUT2D eigenvalue weighted by molar-refractivity contribution is -0.124. The first-order chi connectivity index (χ1) is 14.2. The standard InChI is InChI=1S/C23H24N4O2/c28-23(25-29)13-10-18-8-11-19(12-9-18)22-7-4-16-26(22)17-21-14-15-24-27(21)20-5-2-1-3-6-20/h1-3,5-6,8-15,22,29H,4,7,16-17H2,(H,25,28). The Balaban J connectivity index is 1.49. The van der Waals surface area contributed by atoms with E-state index in [1.807, 2.05) is 41.2 Å². The number of benzene rings is 2. The number of hydrogen-bond donors (Lipinski definition) is 2. The second-order valence-electron chi connectivity index (χ2n) is 7.17. The van der Waals surface area contributed by atoms with E-state index < -0.39 is 5.91 Å². The molecule has 0 aliphatic carbocycles. The van der Waals surface area contributed by atoms with Gasteiger partial charge in [0.2, 0.25) is 0 Å². The predicted octanol–water partition coefficient (Wildman–Crippen LogP) is 3.73. The molecule has 6 heteroatoms. The van der Waals surface area contributed by atoms with Crippen molar-refractivity contribution in [2.75, 3.05) is 6.54 Å². The summed E-state index contributed by atoms with van der Waals surface area (Å²) < 4.78 is 2.01. The fourth-order valence-corrected chi connectivity index (χ4v) is 3.89. The van der Waals surface area contributed by atoms with E-state index in [-0.39, 0.29) is 0 Å². The topological polar surface area (TPSA) is 70.4 Å².